The molecule has 4 nitrogen and oxygen atoms in total. The van der Waals surface area contributed by atoms with E-state index in [2.05, 4.69) is 0 Å². The molecule has 86 valence electrons. The van der Waals surface area contributed by atoms with E-state index in [0.717, 1.165) is 0 Å². The fourth-order valence-electron chi connectivity index (χ4n) is 1.46. The van der Waals surface area contributed by atoms with Gasteiger partial charge in [0.1, 0.15) is 5.75 Å². The smallest absolute Gasteiger partial charge is 0.377 e. The normalized spacial score (nSPS) is 9.88. The van der Waals surface area contributed by atoms with E-state index in [9.17, 15) is 9.59 Å². The molecule has 0 aliphatic carbocycles. The number of carbonyl (C=O) groups excluding carboxylic acids is 1. The Balaban J connectivity index is 3.11. The fraction of sp³-hybridized carbons (Fsp3) is 0.333. The van der Waals surface area contributed by atoms with Gasteiger partial charge in [0.2, 0.25) is 0 Å². The molecule has 0 aliphatic rings. The largest absolute Gasteiger partial charge is 0.494 e. The second-order valence-corrected chi connectivity index (χ2v) is 3.24. The number of aliphatic carboxylic acids is 1. The fourth-order valence-corrected chi connectivity index (χ4v) is 1.46. The Hall–Kier alpha value is -1.84. The number of rotatable bonds is 5. The van der Waals surface area contributed by atoms with Gasteiger partial charge in [-0.3, -0.25) is 4.79 Å². The van der Waals surface area contributed by atoms with Crippen molar-refractivity contribution < 1.29 is 19.4 Å². The van der Waals surface area contributed by atoms with Gasteiger partial charge in [0.25, 0.3) is 5.78 Å². The van der Waals surface area contributed by atoms with E-state index in [4.69, 9.17) is 9.84 Å². The zero-order chi connectivity index (χ0) is 12.1. The summed E-state index contributed by atoms with van der Waals surface area (Å²) in [5, 5.41) is 8.65. The van der Waals surface area contributed by atoms with Crippen LogP contribution in [0.4, 0.5) is 0 Å². The summed E-state index contributed by atoms with van der Waals surface area (Å²) in [6, 6.07) is 4.82. The lowest BCUT2D eigenvalue weighted by molar-refractivity contribution is -0.131. The number of carbonyl (C=O) groups is 2. The van der Waals surface area contributed by atoms with Crippen LogP contribution in [0.15, 0.2) is 18.2 Å². The average Bonchev–Trinajstić information content (AvgIpc) is 2.28. The van der Waals surface area contributed by atoms with Gasteiger partial charge in [0, 0.05) is 5.56 Å². The van der Waals surface area contributed by atoms with Gasteiger partial charge in [-0.15, -0.1) is 0 Å². The Morgan fingerprint density at radius 2 is 2.00 bits per heavy atom. The van der Waals surface area contributed by atoms with Crippen molar-refractivity contribution in [3.63, 3.8) is 0 Å². The number of hydrogen-bond donors (Lipinski definition) is 1. The SMILES string of the molecule is CCOc1ccc(C(=O)C(=O)O)c(CC)c1. The van der Waals surface area contributed by atoms with Gasteiger partial charge in [0.05, 0.1) is 6.61 Å². The maximum absolute atomic E-state index is 11.4. The molecule has 0 unspecified atom stereocenters. The molecule has 0 aromatic heterocycles. The molecule has 1 rings (SSSR count). The maximum atomic E-state index is 11.4. The van der Waals surface area contributed by atoms with E-state index in [1.54, 1.807) is 12.1 Å². The second kappa shape index (κ2) is 5.30. The predicted octanol–water partition coefficient (Wildman–Crippen LogP) is 1.91. The molecule has 0 fully saturated rings. The van der Waals surface area contributed by atoms with Crippen LogP contribution in [0.3, 0.4) is 0 Å². The molecule has 0 saturated carbocycles. The summed E-state index contributed by atoms with van der Waals surface area (Å²) in [7, 11) is 0. The summed E-state index contributed by atoms with van der Waals surface area (Å²) in [5.41, 5.74) is 0.928. The lowest BCUT2D eigenvalue weighted by Crippen LogP contribution is -2.14. The molecular weight excluding hydrogens is 208 g/mol. The number of carboxylic acids is 1. The van der Waals surface area contributed by atoms with Crippen molar-refractivity contribution >= 4 is 11.8 Å². The van der Waals surface area contributed by atoms with Gasteiger partial charge >= 0.3 is 5.97 Å². The first-order valence-corrected chi connectivity index (χ1v) is 5.13. The van der Waals surface area contributed by atoms with E-state index in [1.165, 1.54) is 6.07 Å². The first kappa shape index (κ1) is 12.2. The standard InChI is InChI=1S/C12H14O4/c1-3-8-7-9(16-4-2)5-6-10(8)11(13)12(14)15/h5-7H,3-4H2,1-2H3,(H,14,15). The summed E-state index contributed by atoms with van der Waals surface area (Å²) in [4.78, 5) is 22.0. The highest BCUT2D eigenvalue weighted by molar-refractivity contribution is 6.40. The quantitative estimate of drug-likeness (QED) is 0.610. The highest BCUT2D eigenvalue weighted by Crippen LogP contribution is 2.19. The molecule has 0 heterocycles. The molecule has 16 heavy (non-hydrogen) atoms. The first-order valence-electron chi connectivity index (χ1n) is 5.13. The zero-order valence-electron chi connectivity index (χ0n) is 9.32. The maximum Gasteiger partial charge on any atom is 0.377 e. The average molecular weight is 222 g/mol. The molecular formula is C12H14O4. The van der Waals surface area contributed by atoms with E-state index in [0.29, 0.717) is 24.3 Å². The minimum absolute atomic E-state index is 0.235. The molecule has 0 amide bonds. The van der Waals surface area contributed by atoms with Gasteiger partial charge in [-0.2, -0.15) is 0 Å². The molecule has 0 spiro atoms. The minimum Gasteiger partial charge on any atom is -0.494 e. The summed E-state index contributed by atoms with van der Waals surface area (Å²) in [5.74, 6) is -1.65. The van der Waals surface area contributed by atoms with Crippen LogP contribution in [0.2, 0.25) is 0 Å². The number of ether oxygens (including phenoxy) is 1. The van der Waals surface area contributed by atoms with Crippen molar-refractivity contribution in [1.82, 2.24) is 0 Å². The van der Waals surface area contributed by atoms with Crippen molar-refractivity contribution in [2.45, 2.75) is 20.3 Å². The minimum atomic E-state index is -1.43. The summed E-state index contributed by atoms with van der Waals surface area (Å²) >= 11 is 0. The molecule has 0 aliphatic heterocycles. The number of benzene rings is 1. The molecule has 0 saturated heterocycles. The number of ketones is 1. The molecule has 0 radical (unpaired) electrons. The lowest BCUT2D eigenvalue weighted by Gasteiger charge is -2.08. The summed E-state index contributed by atoms with van der Waals surface area (Å²) < 4.78 is 5.28. The van der Waals surface area contributed by atoms with Crippen molar-refractivity contribution in [2.75, 3.05) is 6.61 Å². The number of carboxylic acid groups (broad SMARTS) is 1. The molecule has 0 atom stereocenters. The van der Waals surface area contributed by atoms with Crippen LogP contribution in [0.1, 0.15) is 29.8 Å². The second-order valence-electron chi connectivity index (χ2n) is 3.24. The van der Waals surface area contributed by atoms with Crippen LogP contribution in [0.25, 0.3) is 0 Å². The van der Waals surface area contributed by atoms with Crippen molar-refractivity contribution in [1.29, 1.82) is 0 Å². The van der Waals surface area contributed by atoms with Gasteiger partial charge in [-0.1, -0.05) is 6.92 Å². The molecule has 0 bridgehead atoms. The Morgan fingerprint density at radius 3 is 2.50 bits per heavy atom. The zero-order valence-corrected chi connectivity index (χ0v) is 9.32. The third-order valence-corrected chi connectivity index (χ3v) is 2.21. The van der Waals surface area contributed by atoms with Gasteiger partial charge in [0.15, 0.2) is 0 Å². The van der Waals surface area contributed by atoms with Crippen molar-refractivity contribution in [2.24, 2.45) is 0 Å². The first-order chi connectivity index (χ1) is 7.60. The highest BCUT2D eigenvalue weighted by Gasteiger charge is 2.17. The Labute approximate surface area is 93.9 Å². The van der Waals surface area contributed by atoms with Gasteiger partial charge in [-0.25, -0.2) is 4.79 Å². The van der Waals surface area contributed by atoms with Crippen LogP contribution >= 0.6 is 0 Å². The summed E-state index contributed by atoms with van der Waals surface area (Å²) in [6.45, 7) is 4.26. The molecule has 1 N–H and O–H groups in total. The molecule has 1 aromatic rings. The monoisotopic (exact) mass is 222 g/mol. The topological polar surface area (TPSA) is 63.6 Å². The lowest BCUT2D eigenvalue weighted by atomic mass is 10.0. The van der Waals surface area contributed by atoms with E-state index in [-0.39, 0.29) is 5.56 Å². The number of hydrogen-bond acceptors (Lipinski definition) is 3. The van der Waals surface area contributed by atoms with E-state index in [1.807, 2.05) is 13.8 Å². The molecule has 4 heteroatoms. The van der Waals surface area contributed by atoms with Crippen LogP contribution < -0.4 is 4.74 Å². The van der Waals surface area contributed by atoms with Crippen LogP contribution in [0.5, 0.6) is 5.75 Å². The third kappa shape index (κ3) is 2.59. The number of aryl methyl sites for hydroxylation is 1. The van der Waals surface area contributed by atoms with E-state index >= 15 is 0 Å². The molecule has 1 aromatic carbocycles. The van der Waals surface area contributed by atoms with Crippen molar-refractivity contribution in [3.05, 3.63) is 29.3 Å². The van der Waals surface area contributed by atoms with Crippen molar-refractivity contribution in [3.8, 4) is 5.75 Å². The predicted molar refractivity (Wildman–Crippen MR) is 59.0 cm³/mol. The van der Waals surface area contributed by atoms with Crippen LogP contribution in [-0.2, 0) is 11.2 Å². The number of Topliss-reactive ketones (excluding diaryl/α,β-unsaturated/α-hetero) is 1. The van der Waals surface area contributed by atoms with E-state index < -0.39 is 11.8 Å². The Bertz CT molecular complexity index is 409. The van der Waals surface area contributed by atoms with Gasteiger partial charge < -0.3 is 9.84 Å². The Kier molecular flexibility index (Phi) is 4.05. The Morgan fingerprint density at radius 1 is 1.31 bits per heavy atom. The summed E-state index contributed by atoms with van der Waals surface area (Å²) in [6.07, 6.45) is 0.593. The van der Waals surface area contributed by atoms with Crippen LogP contribution in [0, 0.1) is 0 Å². The van der Waals surface area contributed by atoms with Gasteiger partial charge in [-0.05, 0) is 37.1 Å². The van der Waals surface area contributed by atoms with Crippen LogP contribution in [-0.4, -0.2) is 23.5 Å². The highest BCUT2D eigenvalue weighted by atomic mass is 16.5. The third-order valence-electron chi connectivity index (χ3n) is 2.21.